The molecule has 2 N–H and O–H groups in total. The Labute approximate surface area is 266 Å². The number of benzene rings is 3. The topological polar surface area (TPSA) is 103 Å². The monoisotopic (exact) mass is 617 g/mol. The Morgan fingerprint density at radius 1 is 1.22 bits per heavy atom. The van der Waals surface area contributed by atoms with E-state index in [1.165, 1.54) is 0 Å². The summed E-state index contributed by atoms with van der Waals surface area (Å²) in [5.74, 6) is 0.0159. The van der Waals surface area contributed by atoms with Gasteiger partial charge in [-0.05, 0) is 92.2 Å². The molecule has 5 heterocycles. The van der Waals surface area contributed by atoms with Crippen molar-refractivity contribution in [3.63, 3.8) is 0 Å². The summed E-state index contributed by atoms with van der Waals surface area (Å²) in [6.45, 7) is 3.86. The van der Waals surface area contributed by atoms with Crippen molar-refractivity contribution in [2.45, 2.75) is 63.3 Å². The average Bonchev–Trinajstić information content (AvgIpc) is 3.80. The molecule has 2 aromatic heterocycles. The zero-order chi connectivity index (χ0) is 31.7. The van der Waals surface area contributed by atoms with Gasteiger partial charge in [0.1, 0.15) is 22.8 Å². The van der Waals surface area contributed by atoms with Gasteiger partial charge in [0.05, 0.1) is 17.6 Å². The molecule has 3 aromatic carbocycles. The maximum Gasteiger partial charge on any atom is 0.227 e. The van der Waals surface area contributed by atoms with Gasteiger partial charge in [-0.1, -0.05) is 24.3 Å². The summed E-state index contributed by atoms with van der Waals surface area (Å²) >= 11 is 0. The molecule has 8 nitrogen and oxygen atoms in total. The Morgan fingerprint density at radius 2 is 2.07 bits per heavy atom. The van der Waals surface area contributed by atoms with Crippen molar-refractivity contribution < 1.29 is 14.2 Å². The number of aromatic nitrogens is 2. The van der Waals surface area contributed by atoms with Crippen LogP contribution < -0.4 is 15.5 Å². The fourth-order valence-electron chi connectivity index (χ4n) is 8.34. The summed E-state index contributed by atoms with van der Waals surface area (Å²) in [4.78, 5) is 20.9. The first-order chi connectivity index (χ1) is 22.3. The number of phenols is 1. The van der Waals surface area contributed by atoms with Crippen LogP contribution in [0.4, 0.5) is 4.39 Å². The zero-order valence-corrected chi connectivity index (χ0v) is 26.0. The maximum absolute atomic E-state index is 17.4. The van der Waals surface area contributed by atoms with Crippen molar-refractivity contribution in [1.29, 1.82) is 5.26 Å². The first-order valence-electron chi connectivity index (χ1n) is 16.2. The van der Waals surface area contributed by atoms with E-state index in [0.29, 0.717) is 45.3 Å². The van der Waals surface area contributed by atoms with Gasteiger partial charge in [-0.2, -0.15) is 5.26 Å². The van der Waals surface area contributed by atoms with Gasteiger partial charge in [-0.15, -0.1) is 0 Å². The largest absolute Gasteiger partial charge is 0.508 e. The Bertz CT molecular complexity index is 2120. The molecule has 5 aromatic rings. The van der Waals surface area contributed by atoms with Crippen LogP contribution in [0, 0.1) is 23.1 Å². The highest BCUT2D eigenvalue weighted by molar-refractivity contribution is 6.09. The number of fused-ring (bicyclic) bond motifs is 5. The number of ether oxygens (including phenoxy) is 1. The van der Waals surface area contributed by atoms with E-state index in [-0.39, 0.29) is 53.2 Å². The van der Waals surface area contributed by atoms with Crippen LogP contribution in [0.2, 0.25) is 0 Å². The summed E-state index contributed by atoms with van der Waals surface area (Å²) in [5, 5.41) is 26.3. The lowest BCUT2D eigenvalue weighted by molar-refractivity contribution is 0.119. The number of aryl methyl sites for hydroxylation is 1. The van der Waals surface area contributed by atoms with Gasteiger partial charge >= 0.3 is 0 Å². The van der Waals surface area contributed by atoms with Crippen molar-refractivity contribution in [3.05, 3.63) is 76.3 Å². The second kappa shape index (κ2) is 11.1. The molecule has 9 rings (SSSR count). The number of halogens is 1. The molecule has 9 heteroatoms. The van der Waals surface area contributed by atoms with Gasteiger partial charge in [-0.25, -0.2) is 9.37 Å². The minimum absolute atomic E-state index is 0.0197. The van der Waals surface area contributed by atoms with Crippen molar-refractivity contribution in [1.82, 2.24) is 19.8 Å². The van der Waals surface area contributed by atoms with Crippen molar-refractivity contribution in [2.24, 2.45) is 5.92 Å². The van der Waals surface area contributed by atoms with Gasteiger partial charge in [0.25, 0.3) is 0 Å². The highest BCUT2D eigenvalue weighted by atomic mass is 19.1. The highest BCUT2D eigenvalue weighted by Crippen LogP contribution is 2.47. The number of likely N-dealkylation sites (tertiary alicyclic amines) is 1. The number of likely N-dealkylation sites (N-methyl/N-ethyl adjacent to an activating group) is 1. The van der Waals surface area contributed by atoms with Gasteiger partial charge in [-0.3, -0.25) is 9.69 Å². The summed E-state index contributed by atoms with van der Waals surface area (Å²) in [6, 6.07) is 17.0. The molecule has 5 atom stereocenters. The maximum atomic E-state index is 17.4. The molecule has 1 aliphatic carbocycles. The third-order valence-corrected chi connectivity index (χ3v) is 10.6. The van der Waals surface area contributed by atoms with Crippen LogP contribution in [-0.2, 0) is 6.42 Å². The fraction of sp³-hybridized carbons (Fsp3) is 0.378. The van der Waals surface area contributed by atoms with Crippen molar-refractivity contribution >= 4 is 32.6 Å². The van der Waals surface area contributed by atoms with E-state index in [1.54, 1.807) is 18.2 Å². The predicted octanol–water partition coefficient (Wildman–Crippen LogP) is 6.07. The highest BCUT2D eigenvalue weighted by Gasteiger charge is 2.48. The van der Waals surface area contributed by atoms with Gasteiger partial charge in [0.2, 0.25) is 5.88 Å². The van der Waals surface area contributed by atoms with Crippen LogP contribution in [0.5, 0.6) is 11.6 Å². The van der Waals surface area contributed by atoms with E-state index >= 15 is 4.39 Å². The molecule has 234 valence electrons. The normalized spacial score (nSPS) is 23.2. The summed E-state index contributed by atoms with van der Waals surface area (Å²) in [6.07, 6.45) is 5.12. The van der Waals surface area contributed by atoms with Crippen LogP contribution in [0.1, 0.15) is 44.2 Å². The Kier molecular flexibility index (Phi) is 6.96. The number of pyridine rings is 2. The molecule has 1 unspecified atom stereocenters. The standard InChI is InChI=1S/C37H36FN5O3/c1-20(29-10-6-13-42(29)2)46-37-32-30(45)11-14-43(35-23-17-28(35)40-19-23)36(32)27-16-22(8-5-12-39)31(33(38)34(27)41-37)26-18-24(44)15-21-7-3-4-9-25(21)26/h3-4,7,9,11,14-16,18,20,23,28-29,35,40,44H,5-6,8,10,13,17,19H2,1-2H3/t20?,23-,28-,29+,35+/m1/s1. The van der Waals surface area contributed by atoms with E-state index in [9.17, 15) is 15.2 Å². The van der Waals surface area contributed by atoms with Crippen LogP contribution in [0.15, 0.2) is 59.5 Å². The van der Waals surface area contributed by atoms with Crippen molar-refractivity contribution in [3.8, 4) is 28.8 Å². The third kappa shape index (κ3) is 4.46. The first-order valence-corrected chi connectivity index (χ1v) is 16.2. The molecule has 1 saturated carbocycles. The second-order valence-electron chi connectivity index (χ2n) is 13.2. The van der Waals surface area contributed by atoms with Gasteiger partial charge in [0.15, 0.2) is 11.2 Å². The lowest BCUT2D eigenvalue weighted by Gasteiger charge is -2.37. The summed E-state index contributed by atoms with van der Waals surface area (Å²) in [7, 11) is 2.07. The number of phenolic OH excluding ortho intramolecular Hbond substituents is 1. The predicted molar refractivity (Wildman–Crippen MR) is 177 cm³/mol. The lowest BCUT2D eigenvalue weighted by atomic mass is 9.79. The zero-order valence-electron chi connectivity index (χ0n) is 26.0. The van der Waals surface area contributed by atoms with E-state index in [1.807, 2.05) is 43.5 Å². The molecule has 4 aliphatic rings. The molecule has 3 aliphatic heterocycles. The van der Waals surface area contributed by atoms with E-state index in [4.69, 9.17) is 9.72 Å². The number of nitrogens with one attached hydrogen (secondary N) is 1. The molecule has 0 radical (unpaired) electrons. The number of hydrogen-bond donors (Lipinski definition) is 2. The smallest absolute Gasteiger partial charge is 0.227 e. The van der Waals surface area contributed by atoms with Gasteiger partial charge < -0.3 is 19.7 Å². The Balaban J connectivity index is 1.45. The number of aromatic hydroxyl groups is 1. The quantitative estimate of drug-likeness (QED) is 0.214. The van der Waals surface area contributed by atoms with E-state index in [0.717, 1.165) is 43.1 Å². The van der Waals surface area contributed by atoms with Crippen molar-refractivity contribution in [2.75, 3.05) is 20.1 Å². The van der Waals surface area contributed by atoms with E-state index < -0.39 is 5.82 Å². The first kappa shape index (κ1) is 28.9. The fourth-order valence-corrected chi connectivity index (χ4v) is 8.34. The van der Waals surface area contributed by atoms with Crippen LogP contribution in [0.25, 0.3) is 43.7 Å². The molecule has 4 fully saturated rings. The van der Waals surface area contributed by atoms with Gasteiger partial charge in [0, 0.05) is 48.3 Å². The second-order valence-corrected chi connectivity index (χ2v) is 13.2. The Hall–Kier alpha value is -4.52. The summed E-state index contributed by atoms with van der Waals surface area (Å²) in [5.41, 5.74) is 1.96. The van der Waals surface area contributed by atoms with Crippen LogP contribution >= 0.6 is 0 Å². The summed E-state index contributed by atoms with van der Waals surface area (Å²) < 4.78 is 26.1. The molecule has 0 spiro atoms. The number of hydrogen-bond acceptors (Lipinski definition) is 7. The SMILES string of the molecule is CC(Oc1nc2c(F)c(-c3cc(O)cc4ccccc34)c(CCC#N)cc2c2c1c(=O)ccn2[C@H]1[C@H]2CN[C@@H]1C2)[C@@H]1CCCN1C. The average molecular weight is 618 g/mol. The molecule has 0 amide bonds. The molecule has 2 bridgehead atoms. The lowest BCUT2D eigenvalue weighted by Crippen LogP contribution is -2.39. The minimum Gasteiger partial charge on any atom is -0.508 e. The number of nitrogens with zero attached hydrogens (tertiary/aromatic N) is 4. The molecular weight excluding hydrogens is 581 g/mol. The Morgan fingerprint density at radius 3 is 2.80 bits per heavy atom. The van der Waals surface area contributed by atoms with Crippen LogP contribution in [-0.4, -0.2) is 57.9 Å². The molecule has 3 saturated heterocycles. The number of nitriles is 1. The molecular formula is C37H36FN5O3. The van der Waals surface area contributed by atoms with Crippen LogP contribution in [0.3, 0.4) is 0 Å². The van der Waals surface area contributed by atoms with E-state index in [2.05, 4.69) is 27.9 Å². The minimum atomic E-state index is -0.559. The third-order valence-electron chi connectivity index (χ3n) is 10.6. The molecule has 46 heavy (non-hydrogen) atoms. The number of rotatable bonds is 7.